The van der Waals surface area contributed by atoms with Gasteiger partial charge in [-0.2, -0.15) is 16.4 Å². The summed E-state index contributed by atoms with van der Waals surface area (Å²) in [4.78, 5) is 28.1. The second kappa shape index (κ2) is 7.61. The van der Waals surface area contributed by atoms with Crippen molar-refractivity contribution in [3.05, 3.63) is 74.1 Å². The fourth-order valence-electron chi connectivity index (χ4n) is 4.64. The van der Waals surface area contributed by atoms with Crippen LogP contribution in [0.3, 0.4) is 0 Å². The minimum absolute atomic E-state index is 0.164. The van der Waals surface area contributed by atoms with Crippen molar-refractivity contribution in [1.82, 2.24) is 25.0 Å². The zero-order valence-corrected chi connectivity index (χ0v) is 16.8. The summed E-state index contributed by atoms with van der Waals surface area (Å²) in [5.74, 6) is 0.453. The van der Waals surface area contributed by atoms with Crippen molar-refractivity contribution in [2.24, 2.45) is 5.92 Å². The predicted octanol–water partition coefficient (Wildman–Crippen LogP) is 2.18. The number of carbonyl (C=O) groups excluding carboxylic acids is 1. The molecule has 3 aromatic rings. The van der Waals surface area contributed by atoms with Crippen LogP contribution in [0.4, 0.5) is 0 Å². The molecule has 8 heteroatoms. The SMILES string of the molecule is O=C(NCc1ccsc1)c1ccc2n(c1=O)C[C@H]1C[C@@H]2CN(Cc2cn[nH]c2)C1. The number of carbonyl (C=O) groups is 1. The van der Waals surface area contributed by atoms with E-state index in [2.05, 4.69) is 20.4 Å². The molecule has 1 fully saturated rings. The molecular formula is C21H23N5O2S. The highest BCUT2D eigenvalue weighted by Crippen LogP contribution is 2.35. The van der Waals surface area contributed by atoms with Crippen LogP contribution in [-0.2, 0) is 19.6 Å². The first kappa shape index (κ1) is 18.3. The first-order chi connectivity index (χ1) is 14.2. The molecule has 2 N–H and O–H groups in total. The number of nitrogens with zero attached hydrogens (tertiary/aromatic N) is 3. The molecule has 0 spiro atoms. The van der Waals surface area contributed by atoms with Crippen LogP contribution in [0.5, 0.6) is 0 Å². The van der Waals surface area contributed by atoms with Crippen LogP contribution in [0.15, 0.2) is 46.1 Å². The Labute approximate surface area is 172 Å². The molecule has 7 nitrogen and oxygen atoms in total. The lowest BCUT2D eigenvalue weighted by atomic mass is 9.83. The number of thiophene rings is 1. The predicted molar refractivity (Wildman–Crippen MR) is 111 cm³/mol. The molecule has 0 aromatic carbocycles. The van der Waals surface area contributed by atoms with Crippen LogP contribution >= 0.6 is 11.3 Å². The molecular weight excluding hydrogens is 386 g/mol. The molecule has 2 atom stereocenters. The molecule has 2 aliphatic heterocycles. The van der Waals surface area contributed by atoms with E-state index in [0.717, 1.165) is 37.3 Å². The fourth-order valence-corrected chi connectivity index (χ4v) is 5.31. The van der Waals surface area contributed by atoms with Gasteiger partial charge in [-0.3, -0.25) is 19.6 Å². The topological polar surface area (TPSA) is 83.0 Å². The van der Waals surface area contributed by atoms with Crippen LogP contribution in [-0.4, -0.2) is 38.7 Å². The highest BCUT2D eigenvalue weighted by molar-refractivity contribution is 7.07. The summed E-state index contributed by atoms with van der Waals surface area (Å²) in [6, 6.07) is 5.65. The molecule has 0 saturated carbocycles. The van der Waals surface area contributed by atoms with Crippen LogP contribution in [0.25, 0.3) is 0 Å². The number of H-pyrrole nitrogens is 1. The van der Waals surface area contributed by atoms with Crippen molar-refractivity contribution in [2.75, 3.05) is 13.1 Å². The number of amides is 1. The van der Waals surface area contributed by atoms with Gasteiger partial charge in [0, 0.05) is 56.1 Å². The molecule has 29 heavy (non-hydrogen) atoms. The van der Waals surface area contributed by atoms with Gasteiger partial charge in [0.15, 0.2) is 0 Å². The quantitative estimate of drug-likeness (QED) is 0.677. The Morgan fingerprint density at radius 2 is 2.17 bits per heavy atom. The number of aromatic amines is 1. The third-order valence-corrected chi connectivity index (χ3v) is 6.65. The summed E-state index contributed by atoms with van der Waals surface area (Å²) in [7, 11) is 0. The Morgan fingerprint density at radius 1 is 1.24 bits per heavy atom. The van der Waals surface area contributed by atoms with Crippen LogP contribution < -0.4 is 10.9 Å². The Bertz CT molecular complexity index is 1060. The molecule has 3 aromatic heterocycles. The van der Waals surface area contributed by atoms with Gasteiger partial charge in [0.2, 0.25) is 0 Å². The van der Waals surface area contributed by atoms with Gasteiger partial charge < -0.3 is 9.88 Å². The van der Waals surface area contributed by atoms with E-state index in [4.69, 9.17) is 0 Å². The number of nitrogens with one attached hydrogen (secondary N) is 2. The summed E-state index contributed by atoms with van der Waals surface area (Å²) in [6.45, 7) is 3.87. The minimum atomic E-state index is -0.297. The highest BCUT2D eigenvalue weighted by Gasteiger charge is 2.35. The normalized spacial score (nSPS) is 21.0. The van der Waals surface area contributed by atoms with Crippen molar-refractivity contribution < 1.29 is 4.79 Å². The first-order valence-corrected chi connectivity index (χ1v) is 10.8. The molecule has 0 unspecified atom stereocenters. The van der Waals surface area contributed by atoms with E-state index >= 15 is 0 Å². The lowest BCUT2D eigenvalue weighted by molar-refractivity contribution is 0.0944. The Morgan fingerprint density at radius 3 is 2.97 bits per heavy atom. The molecule has 150 valence electrons. The van der Waals surface area contributed by atoms with Crippen molar-refractivity contribution >= 4 is 17.2 Å². The number of rotatable bonds is 5. The smallest absolute Gasteiger partial charge is 0.263 e. The molecule has 5 rings (SSSR count). The van der Waals surface area contributed by atoms with E-state index in [0.29, 0.717) is 24.9 Å². The third kappa shape index (κ3) is 3.65. The summed E-state index contributed by atoms with van der Waals surface area (Å²) in [6.07, 6.45) is 4.90. The fraction of sp³-hybridized carbons (Fsp3) is 0.381. The van der Waals surface area contributed by atoms with Crippen molar-refractivity contribution in [1.29, 1.82) is 0 Å². The zero-order chi connectivity index (χ0) is 19.8. The standard InChI is InChI=1S/C21H23N5O2S/c27-20(22-6-14-3-4-29-13-14)18-1-2-19-17-5-15(11-26(19)21(18)28)9-25(12-17)10-16-7-23-24-8-16/h1-4,7-8,13,15,17H,5-6,9-12H2,(H,22,27)(H,23,24)/t15-,17+/m0/s1. The molecule has 1 amide bonds. The molecule has 0 radical (unpaired) electrons. The number of fused-ring (bicyclic) bond motifs is 4. The van der Waals surface area contributed by atoms with Gasteiger partial charge in [-0.15, -0.1) is 0 Å². The van der Waals surface area contributed by atoms with Crippen LogP contribution in [0.2, 0.25) is 0 Å². The zero-order valence-electron chi connectivity index (χ0n) is 16.0. The van der Waals surface area contributed by atoms with Gasteiger partial charge in [-0.05, 0) is 46.9 Å². The first-order valence-electron chi connectivity index (χ1n) is 9.90. The Balaban J connectivity index is 1.34. The van der Waals surface area contributed by atoms with Gasteiger partial charge in [0.05, 0.1) is 6.20 Å². The highest BCUT2D eigenvalue weighted by atomic mass is 32.1. The van der Waals surface area contributed by atoms with Crippen LogP contribution in [0, 0.1) is 5.92 Å². The maximum absolute atomic E-state index is 13.1. The molecule has 1 saturated heterocycles. The average Bonchev–Trinajstić information content (AvgIpc) is 3.41. The second-order valence-corrected chi connectivity index (χ2v) is 8.78. The van der Waals surface area contributed by atoms with Crippen molar-refractivity contribution in [3.8, 4) is 0 Å². The Kier molecular flexibility index (Phi) is 4.81. The van der Waals surface area contributed by atoms with E-state index in [1.165, 1.54) is 5.56 Å². The maximum Gasteiger partial charge on any atom is 0.263 e. The lowest BCUT2D eigenvalue weighted by Gasteiger charge is -2.42. The number of pyridine rings is 1. The van der Waals surface area contributed by atoms with Crippen molar-refractivity contribution in [3.63, 3.8) is 0 Å². The average molecular weight is 410 g/mol. The molecule has 5 heterocycles. The Hall–Kier alpha value is -2.71. The number of likely N-dealkylation sites (tertiary alicyclic amines) is 1. The molecule has 0 aliphatic carbocycles. The largest absolute Gasteiger partial charge is 0.348 e. The van der Waals surface area contributed by atoms with E-state index in [9.17, 15) is 9.59 Å². The number of aromatic nitrogens is 3. The monoisotopic (exact) mass is 409 g/mol. The van der Waals surface area contributed by atoms with E-state index in [1.807, 2.05) is 39.9 Å². The number of hydrogen-bond acceptors (Lipinski definition) is 5. The van der Waals surface area contributed by atoms with Gasteiger partial charge in [-0.25, -0.2) is 0 Å². The van der Waals surface area contributed by atoms with E-state index < -0.39 is 0 Å². The van der Waals surface area contributed by atoms with E-state index in [1.54, 1.807) is 17.4 Å². The molecule has 2 bridgehead atoms. The van der Waals surface area contributed by atoms with Gasteiger partial charge in [-0.1, -0.05) is 0 Å². The molecule has 2 aliphatic rings. The number of piperidine rings is 1. The lowest BCUT2D eigenvalue weighted by Crippen LogP contribution is -2.47. The summed E-state index contributed by atoms with van der Waals surface area (Å²) in [5, 5.41) is 13.7. The van der Waals surface area contributed by atoms with Gasteiger partial charge >= 0.3 is 0 Å². The van der Waals surface area contributed by atoms with Crippen LogP contribution in [0.1, 0.15) is 39.5 Å². The van der Waals surface area contributed by atoms with Crippen molar-refractivity contribution in [2.45, 2.75) is 32.0 Å². The van der Waals surface area contributed by atoms with Gasteiger partial charge in [0.25, 0.3) is 11.5 Å². The maximum atomic E-state index is 13.1. The second-order valence-electron chi connectivity index (χ2n) is 8.00. The summed E-state index contributed by atoms with van der Waals surface area (Å²) in [5.41, 5.74) is 3.36. The van der Waals surface area contributed by atoms with E-state index in [-0.39, 0.29) is 17.0 Å². The van der Waals surface area contributed by atoms with Gasteiger partial charge in [0.1, 0.15) is 5.56 Å². The summed E-state index contributed by atoms with van der Waals surface area (Å²) < 4.78 is 1.84. The third-order valence-electron chi connectivity index (χ3n) is 5.92. The number of hydrogen-bond donors (Lipinski definition) is 2. The minimum Gasteiger partial charge on any atom is -0.348 e. The summed E-state index contributed by atoms with van der Waals surface area (Å²) >= 11 is 1.59.